The fourth-order valence-corrected chi connectivity index (χ4v) is 4.85. The predicted octanol–water partition coefficient (Wildman–Crippen LogP) is 5.36. The Morgan fingerprint density at radius 3 is 2.39 bits per heavy atom. The fourth-order valence-electron chi connectivity index (χ4n) is 4.54. The summed E-state index contributed by atoms with van der Waals surface area (Å²) in [6.07, 6.45) is 1.84. The quantitative estimate of drug-likeness (QED) is 0.397. The Hall–Kier alpha value is -3.64. The van der Waals surface area contributed by atoms with Gasteiger partial charge < -0.3 is 19.5 Å². The third kappa shape index (κ3) is 4.10. The van der Waals surface area contributed by atoms with Crippen molar-refractivity contribution in [3.05, 3.63) is 114 Å². The number of benzene rings is 2. The number of hydrogen-bond acceptors (Lipinski definition) is 3. The van der Waals surface area contributed by atoms with E-state index >= 15 is 0 Å². The van der Waals surface area contributed by atoms with Crippen molar-refractivity contribution in [3.8, 4) is 11.4 Å². The summed E-state index contributed by atoms with van der Waals surface area (Å²) in [5.74, 6) is 0.845. The topological polar surface area (TPSA) is 42.3 Å². The second-order valence-corrected chi connectivity index (χ2v) is 8.56. The zero-order valence-corrected chi connectivity index (χ0v) is 19.5. The molecule has 2 aromatic carbocycles. The van der Waals surface area contributed by atoms with E-state index in [2.05, 4.69) is 81.3 Å². The lowest BCUT2D eigenvalue weighted by molar-refractivity contribution is 0.302. The lowest BCUT2D eigenvalue weighted by Crippen LogP contribution is -2.30. The van der Waals surface area contributed by atoms with Gasteiger partial charge in [0, 0.05) is 29.8 Å². The zero-order valence-electron chi connectivity index (χ0n) is 18.7. The summed E-state index contributed by atoms with van der Waals surface area (Å²) in [4.78, 5) is 6.94. The Kier molecular flexibility index (Phi) is 5.84. The molecule has 0 aliphatic carbocycles. The van der Waals surface area contributed by atoms with Gasteiger partial charge >= 0.3 is 0 Å². The lowest BCUT2D eigenvalue weighted by atomic mass is 10.0. The SMILES string of the molecule is COc1ccc(CN2C(=S)N[C@@H](c3ccccn3)[C@H]2c2ccc(C)n2-c2ccccc2)cc1. The highest BCUT2D eigenvalue weighted by Gasteiger charge is 2.41. The first-order chi connectivity index (χ1) is 16.2. The van der Waals surface area contributed by atoms with E-state index in [1.165, 1.54) is 17.0 Å². The van der Waals surface area contributed by atoms with Crippen LogP contribution in [-0.2, 0) is 6.54 Å². The molecule has 33 heavy (non-hydrogen) atoms. The van der Waals surface area contributed by atoms with Crippen LogP contribution in [0.5, 0.6) is 5.75 Å². The summed E-state index contributed by atoms with van der Waals surface area (Å²) in [5, 5.41) is 4.28. The highest BCUT2D eigenvalue weighted by Crippen LogP contribution is 2.41. The van der Waals surface area contributed by atoms with E-state index in [1.54, 1.807) is 7.11 Å². The minimum absolute atomic E-state index is 0.0246. The van der Waals surface area contributed by atoms with E-state index in [9.17, 15) is 0 Å². The molecule has 5 rings (SSSR count). The standard InChI is InChI=1S/C27H26N4OS/c1-19-11-16-24(31(19)21-8-4-3-5-9-21)26-25(23-10-6-7-17-28-23)29-27(33)30(26)18-20-12-14-22(32-2)15-13-20/h3-17,25-26H,18H2,1-2H3,(H,29,33)/t25-,26+/m0/s1. The summed E-state index contributed by atoms with van der Waals surface area (Å²) in [6, 6.07) is 28.9. The Balaban J connectivity index is 1.60. The molecule has 4 aromatic rings. The summed E-state index contributed by atoms with van der Waals surface area (Å²) in [7, 11) is 1.68. The Bertz CT molecular complexity index is 1240. The van der Waals surface area contributed by atoms with Crippen LogP contribution in [0.1, 0.15) is 34.7 Å². The Morgan fingerprint density at radius 2 is 1.70 bits per heavy atom. The maximum absolute atomic E-state index is 5.86. The van der Waals surface area contributed by atoms with Crippen molar-refractivity contribution in [3.63, 3.8) is 0 Å². The van der Waals surface area contributed by atoms with Crippen molar-refractivity contribution in [2.45, 2.75) is 25.6 Å². The van der Waals surface area contributed by atoms with Crippen LogP contribution in [0.3, 0.4) is 0 Å². The van der Waals surface area contributed by atoms with Gasteiger partial charge in [0.15, 0.2) is 5.11 Å². The van der Waals surface area contributed by atoms with Crippen LogP contribution in [0.4, 0.5) is 0 Å². The van der Waals surface area contributed by atoms with Crippen molar-refractivity contribution in [2.75, 3.05) is 7.11 Å². The normalized spacial score (nSPS) is 17.8. The molecule has 5 nitrogen and oxygen atoms in total. The second-order valence-electron chi connectivity index (χ2n) is 8.17. The number of hydrogen-bond donors (Lipinski definition) is 1. The number of pyridine rings is 1. The molecule has 1 fully saturated rings. The van der Waals surface area contributed by atoms with Gasteiger partial charge in [-0.05, 0) is 73.2 Å². The van der Waals surface area contributed by atoms with Gasteiger partial charge in [0.2, 0.25) is 0 Å². The molecule has 0 saturated carbocycles. The second kappa shape index (κ2) is 9.08. The van der Waals surface area contributed by atoms with Gasteiger partial charge in [0.25, 0.3) is 0 Å². The van der Waals surface area contributed by atoms with E-state index in [0.717, 1.165) is 22.2 Å². The number of para-hydroxylation sites is 1. The van der Waals surface area contributed by atoms with Crippen LogP contribution in [0.2, 0.25) is 0 Å². The molecule has 1 aliphatic heterocycles. The molecule has 1 aliphatic rings. The van der Waals surface area contributed by atoms with Gasteiger partial charge in [-0.1, -0.05) is 36.4 Å². The molecule has 0 radical (unpaired) electrons. The first-order valence-corrected chi connectivity index (χ1v) is 11.4. The highest BCUT2D eigenvalue weighted by molar-refractivity contribution is 7.80. The summed E-state index contributed by atoms with van der Waals surface area (Å²) >= 11 is 5.86. The molecule has 1 saturated heterocycles. The van der Waals surface area contributed by atoms with Crippen molar-refractivity contribution in [1.29, 1.82) is 0 Å². The molecule has 6 heteroatoms. The molecule has 0 amide bonds. The first kappa shape index (κ1) is 21.2. The predicted molar refractivity (Wildman–Crippen MR) is 134 cm³/mol. The molecule has 0 spiro atoms. The summed E-state index contributed by atoms with van der Waals surface area (Å²) in [6.45, 7) is 2.82. The van der Waals surface area contributed by atoms with Crippen molar-refractivity contribution >= 4 is 17.3 Å². The molecule has 3 heterocycles. The van der Waals surface area contributed by atoms with E-state index in [4.69, 9.17) is 17.0 Å². The number of methoxy groups -OCH3 is 1. The third-order valence-corrected chi connectivity index (χ3v) is 6.49. The lowest BCUT2D eigenvalue weighted by Gasteiger charge is -2.29. The van der Waals surface area contributed by atoms with Crippen LogP contribution in [0.25, 0.3) is 5.69 Å². The van der Waals surface area contributed by atoms with Crippen LogP contribution in [-0.4, -0.2) is 26.7 Å². The molecule has 2 atom stereocenters. The van der Waals surface area contributed by atoms with Crippen LogP contribution in [0, 0.1) is 6.92 Å². The molecule has 1 N–H and O–H groups in total. The van der Waals surface area contributed by atoms with Gasteiger partial charge in [-0.2, -0.15) is 0 Å². The summed E-state index contributed by atoms with van der Waals surface area (Å²) < 4.78 is 7.65. The Labute approximate surface area is 199 Å². The summed E-state index contributed by atoms with van der Waals surface area (Å²) in [5.41, 5.74) is 5.63. The van der Waals surface area contributed by atoms with Gasteiger partial charge in [-0.3, -0.25) is 4.98 Å². The van der Waals surface area contributed by atoms with E-state index < -0.39 is 0 Å². The monoisotopic (exact) mass is 454 g/mol. The molecule has 0 bridgehead atoms. The molecule has 2 aromatic heterocycles. The molecule has 166 valence electrons. The van der Waals surface area contributed by atoms with Crippen molar-refractivity contribution in [2.24, 2.45) is 0 Å². The number of thiocarbonyl (C=S) groups is 1. The number of ether oxygens (including phenoxy) is 1. The number of aromatic nitrogens is 2. The van der Waals surface area contributed by atoms with Crippen molar-refractivity contribution < 1.29 is 4.74 Å². The smallest absolute Gasteiger partial charge is 0.170 e. The van der Waals surface area contributed by atoms with Crippen molar-refractivity contribution in [1.82, 2.24) is 19.8 Å². The van der Waals surface area contributed by atoms with E-state index in [0.29, 0.717) is 6.54 Å². The average Bonchev–Trinajstić information content (AvgIpc) is 3.40. The third-order valence-electron chi connectivity index (χ3n) is 6.13. The van der Waals surface area contributed by atoms with Crippen LogP contribution >= 0.6 is 12.2 Å². The van der Waals surface area contributed by atoms with E-state index in [-0.39, 0.29) is 12.1 Å². The van der Waals surface area contributed by atoms with Gasteiger partial charge in [0.05, 0.1) is 24.9 Å². The highest BCUT2D eigenvalue weighted by atomic mass is 32.1. The Morgan fingerprint density at radius 1 is 0.939 bits per heavy atom. The fraction of sp³-hybridized carbons (Fsp3) is 0.185. The van der Waals surface area contributed by atoms with Gasteiger partial charge in [0.1, 0.15) is 5.75 Å². The number of nitrogens with one attached hydrogen (secondary N) is 1. The number of nitrogens with zero attached hydrogens (tertiary/aromatic N) is 3. The van der Waals surface area contributed by atoms with Gasteiger partial charge in [-0.25, -0.2) is 0 Å². The van der Waals surface area contributed by atoms with Gasteiger partial charge in [-0.15, -0.1) is 0 Å². The number of aryl methyl sites for hydroxylation is 1. The van der Waals surface area contributed by atoms with Crippen LogP contribution in [0.15, 0.2) is 91.1 Å². The van der Waals surface area contributed by atoms with Crippen LogP contribution < -0.4 is 10.1 Å². The molecule has 0 unspecified atom stereocenters. The zero-order chi connectivity index (χ0) is 22.8. The number of rotatable bonds is 6. The average molecular weight is 455 g/mol. The first-order valence-electron chi connectivity index (χ1n) is 11.0. The maximum Gasteiger partial charge on any atom is 0.170 e. The maximum atomic E-state index is 5.86. The minimum Gasteiger partial charge on any atom is -0.497 e. The largest absolute Gasteiger partial charge is 0.497 e. The molecular weight excluding hydrogens is 428 g/mol. The molecular formula is C27H26N4OS. The van der Waals surface area contributed by atoms with E-state index in [1.807, 2.05) is 36.5 Å². The minimum atomic E-state index is -0.0614.